The summed E-state index contributed by atoms with van der Waals surface area (Å²) in [6, 6.07) is 7.51. The molecule has 5 aliphatic rings. The molecule has 0 bridgehead atoms. The highest BCUT2D eigenvalue weighted by Crippen LogP contribution is 2.46. The van der Waals surface area contributed by atoms with E-state index in [9.17, 15) is 36.8 Å². The summed E-state index contributed by atoms with van der Waals surface area (Å²) in [5.74, 6) is -3.29. The SMILES string of the molecule is O=C(N[C@H]1CCCCCC=C[C@@H]2C[C@@]2(C(=O)NS(=O)(=O)c2ccc(Cl)cc2)NC(=O)[C@@H]2C[C@@H](OC(=O)N3Cc4cccc(F)c4C3)CN2C1=O)OC1CCC1. The van der Waals surface area contributed by atoms with Crippen molar-refractivity contribution in [2.24, 2.45) is 5.92 Å². The Morgan fingerprint density at radius 2 is 1.73 bits per heavy atom. The molecule has 3 heterocycles. The number of carbonyl (C=O) groups is 5. The number of benzene rings is 2. The molecule has 5 atom stereocenters. The lowest BCUT2D eigenvalue weighted by Crippen LogP contribution is -2.58. The normalized spacial score (nSPS) is 26.9. The van der Waals surface area contributed by atoms with Crippen LogP contribution in [0.1, 0.15) is 75.3 Å². The molecule has 0 aromatic heterocycles. The van der Waals surface area contributed by atoms with E-state index in [1.165, 1.54) is 40.1 Å². The highest BCUT2D eigenvalue weighted by Gasteiger charge is 2.61. The van der Waals surface area contributed by atoms with Gasteiger partial charge in [-0.05, 0) is 80.8 Å². The molecule has 55 heavy (non-hydrogen) atoms. The maximum Gasteiger partial charge on any atom is 0.410 e. The molecule has 5 amide bonds. The zero-order valence-corrected chi connectivity index (χ0v) is 31.6. The molecular formula is C38H43ClFN5O9S. The third kappa shape index (κ3) is 8.44. The molecule has 294 valence electrons. The summed E-state index contributed by atoms with van der Waals surface area (Å²) >= 11 is 5.93. The molecule has 17 heteroatoms. The third-order valence-corrected chi connectivity index (χ3v) is 12.7. The van der Waals surface area contributed by atoms with E-state index in [4.69, 9.17) is 21.1 Å². The lowest BCUT2D eigenvalue weighted by molar-refractivity contribution is -0.141. The minimum absolute atomic E-state index is 0.0132. The van der Waals surface area contributed by atoms with E-state index < -0.39 is 75.4 Å². The number of carbonyl (C=O) groups excluding carboxylic acids is 5. The van der Waals surface area contributed by atoms with E-state index in [1.807, 2.05) is 6.08 Å². The van der Waals surface area contributed by atoms with Crippen molar-refractivity contribution >= 4 is 51.5 Å². The van der Waals surface area contributed by atoms with Gasteiger partial charge in [0.2, 0.25) is 11.8 Å². The van der Waals surface area contributed by atoms with Crippen molar-refractivity contribution in [2.45, 2.75) is 112 Å². The summed E-state index contributed by atoms with van der Waals surface area (Å²) in [6.45, 7) is -0.104. The molecule has 2 aromatic rings. The number of hydrogen-bond acceptors (Lipinski definition) is 9. The summed E-state index contributed by atoms with van der Waals surface area (Å²) in [6.07, 6.45) is 6.20. The van der Waals surface area contributed by atoms with Crippen LogP contribution in [0.15, 0.2) is 59.5 Å². The summed E-state index contributed by atoms with van der Waals surface area (Å²) in [7, 11) is -4.36. The van der Waals surface area contributed by atoms with Gasteiger partial charge in [-0.3, -0.25) is 19.3 Å². The van der Waals surface area contributed by atoms with Gasteiger partial charge in [-0.25, -0.2) is 27.1 Å². The molecule has 2 aromatic carbocycles. The predicted molar refractivity (Wildman–Crippen MR) is 195 cm³/mol. The maximum absolute atomic E-state index is 14.5. The maximum atomic E-state index is 14.5. The van der Waals surface area contributed by atoms with Gasteiger partial charge in [0.15, 0.2) is 0 Å². The van der Waals surface area contributed by atoms with E-state index >= 15 is 0 Å². The number of nitrogens with one attached hydrogen (secondary N) is 3. The average molecular weight is 800 g/mol. The molecule has 2 aliphatic carbocycles. The van der Waals surface area contributed by atoms with Gasteiger partial charge in [-0.1, -0.05) is 48.7 Å². The molecule has 0 unspecified atom stereocenters. The van der Waals surface area contributed by atoms with Gasteiger partial charge in [0.1, 0.15) is 35.6 Å². The molecule has 3 fully saturated rings. The van der Waals surface area contributed by atoms with Crippen molar-refractivity contribution in [3.8, 4) is 0 Å². The number of halogens is 2. The zero-order valence-electron chi connectivity index (χ0n) is 30.0. The fourth-order valence-electron chi connectivity index (χ4n) is 7.59. The number of rotatable bonds is 6. The zero-order chi connectivity index (χ0) is 38.9. The first kappa shape index (κ1) is 38.6. The lowest BCUT2D eigenvalue weighted by atomic mass is 9.96. The van der Waals surface area contributed by atoms with Crippen LogP contribution in [0.3, 0.4) is 0 Å². The molecule has 7 rings (SSSR count). The summed E-state index contributed by atoms with van der Waals surface area (Å²) < 4.78 is 54.4. The first-order chi connectivity index (χ1) is 26.3. The minimum Gasteiger partial charge on any atom is -0.446 e. The summed E-state index contributed by atoms with van der Waals surface area (Å²) in [5.41, 5.74) is -0.639. The molecule has 0 spiro atoms. The number of hydrogen-bond donors (Lipinski definition) is 3. The Morgan fingerprint density at radius 3 is 2.45 bits per heavy atom. The van der Waals surface area contributed by atoms with Crippen LogP contribution in [0.25, 0.3) is 0 Å². The molecule has 2 saturated carbocycles. The van der Waals surface area contributed by atoms with Crippen LogP contribution in [0.2, 0.25) is 5.02 Å². The second-order valence-corrected chi connectivity index (χ2v) is 17.0. The molecule has 3 N–H and O–H groups in total. The molecule has 3 aliphatic heterocycles. The number of fused-ring (bicyclic) bond motifs is 3. The Balaban J connectivity index is 1.13. The second kappa shape index (κ2) is 15.8. The van der Waals surface area contributed by atoms with Gasteiger partial charge in [0.05, 0.1) is 18.0 Å². The monoisotopic (exact) mass is 799 g/mol. The van der Waals surface area contributed by atoms with Crippen LogP contribution >= 0.6 is 11.6 Å². The summed E-state index contributed by atoms with van der Waals surface area (Å²) in [4.78, 5) is 71.2. The number of alkyl carbamates (subject to hydrolysis) is 1. The van der Waals surface area contributed by atoms with Crippen LogP contribution in [-0.2, 0) is 47.0 Å². The lowest BCUT2D eigenvalue weighted by Gasteiger charge is -2.31. The average Bonchev–Trinajstić information content (AvgIpc) is 3.42. The van der Waals surface area contributed by atoms with E-state index in [0.717, 1.165) is 25.7 Å². The van der Waals surface area contributed by atoms with Gasteiger partial charge in [0, 0.05) is 29.5 Å². The largest absolute Gasteiger partial charge is 0.446 e. The van der Waals surface area contributed by atoms with Gasteiger partial charge in [-0.2, -0.15) is 0 Å². The summed E-state index contributed by atoms with van der Waals surface area (Å²) in [5, 5.41) is 5.77. The fourth-order valence-corrected chi connectivity index (χ4v) is 8.76. The van der Waals surface area contributed by atoms with E-state index in [1.54, 1.807) is 18.2 Å². The Labute approximate surface area is 323 Å². The number of nitrogens with zero attached hydrogens (tertiary/aromatic N) is 2. The van der Waals surface area contributed by atoms with Crippen molar-refractivity contribution in [2.75, 3.05) is 6.54 Å². The standard InChI is InChI=1S/C38H43ClFN5O9S/c39-25-14-16-28(17-15-25)55(51,52)43-35(48)38-19-24(38)9-4-2-1-3-5-13-31(41-36(49)53-26-10-7-11-26)34(47)45-21-27(18-32(45)33(46)42-38)54-37(50)44-20-23-8-6-12-30(40)29(23)22-44/h4,6,8-9,12,14-17,24,26-27,31-32H,1-3,5,7,10-11,13,18-22H2,(H,41,49)(H,42,46)(H,43,48)/t24-,27-,31+,32+,38-/m1/s1. The number of sulfonamides is 1. The number of allylic oxidation sites excluding steroid dienone is 1. The van der Waals surface area contributed by atoms with Gasteiger partial charge < -0.3 is 25.0 Å². The van der Waals surface area contributed by atoms with Gasteiger partial charge in [-0.15, -0.1) is 0 Å². The van der Waals surface area contributed by atoms with E-state index in [-0.39, 0.29) is 49.9 Å². The van der Waals surface area contributed by atoms with E-state index in [0.29, 0.717) is 35.4 Å². The number of amides is 5. The first-order valence-electron chi connectivity index (χ1n) is 18.6. The van der Waals surface area contributed by atoms with Crippen LogP contribution in [0, 0.1) is 11.7 Å². The Hall–Kier alpha value is -4.70. The van der Waals surface area contributed by atoms with E-state index in [2.05, 4.69) is 15.4 Å². The smallest absolute Gasteiger partial charge is 0.410 e. The number of ether oxygens (including phenoxy) is 2. The molecule has 0 radical (unpaired) electrons. The molecule has 1 saturated heterocycles. The molecule has 14 nitrogen and oxygen atoms in total. The van der Waals surface area contributed by atoms with Gasteiger partial charge in [0.25, 0.3) is 15.9 Å². The van der Waals surface area contributed by atoms with Crippen molar-refractivity contribution in [3.05, 3.63) is 76.6 Å². The highest BCUT2D eigenvalue weighted by molar-refractivity contribution is 7.90. The van der Waals surface area contributed by atoms with Crippen molar-refractivity contribution < 1.29 is 46.3 Å². The first-order valence-corrected chi connectivity index (χ1v) is 20.5. The Kier molecular flexibility index (Phi) is 11.1. The van der Waals surface area contributed by atoms with Crippen molar-refractivity contribution in [1.82, 2.24) is 25.2 Å². The fraction of sp³-hybridized carbons (Fsp3) is 0.500. The van der Waals surface area contributed by atoms with Crippen LogP contribution < -0.4 is 15.4 Å². The van der Waals surface area contributed by atoms with Crippen LogP contribution in [0.4, 0.5) is 14.0 Å². The minimum atomic E-state index is -4.36. The van der Waals surface area contributed by atoms with Crippen LogP contribution in [-0.4, -0.2) is 84.5 Å². The molecular weight excluding hydrogens is 757 g/mol. The second-order valence-electron chi connectivity index (χ2n) is 14.9. The van der Waals surface area contributed by atoms with Crippen LogP contribution in [0.5, 0.6) is 0 Å². The van der Waals surface area contributed by atoms with Crippen molar-refractivity contribution in [3.63, 3.8) is 0 Å². The predicted octanol–water partition coefficient (Wildman–Crippen LogP) is 4.45. The quantitative estimate of drug-likeness (QED) is 0.356. The Bertz CT molecular complexity index is 2000. The van der Waals surface area contributed by atoms with Gasteiger partial charge >= 0.3 is 12.2 Å². The van der Waals surface area contributed by atoms with Crippen molar-refractivity contribution in [1.29, 1.82) is 0 Å². The highest BCUT2D eigenvalue weighted by atomic mass is 35.5. The third-order valence-electron chi connectivity index (χ3n) is 11.1. The topological polar surface area (TPSA) is 181 Å². The Morgan fingerprint density at radius 1 is 0.945 bits per heavy atom.